The fraction of sp³-hybridized carbons (Fsp3) is 0.491. The number of carbonyl (C=O) groups excluding carboxylic acids is 7. The first-order valence-electron chi connectivity index (χ1n) is 23.5. The molecule has 3 saturated carbocycles. The lowest BCUT2D eigenvalue weighted by atomic mass is 9.46. The number of ether oxygens (including phenoxy) is 3. The minimum absolute atomic E-state index is 0.00385. The number of carbonyl (C=O) groups is 7. The van der Waals surface area contributed by atoms with Crippen molar-refractivity contribution in [2.24, 2.45) is 34.5 Å². The SMILES string of the molecule is C=C1C=C[C@@]2(C)C(=C1)CC[C@@H]1[C@@H]2[C@@H](O)C[C@@]2(C)[C@H]1C[C@H]1O[C@@H](c3ccc(Cc4cccc(NC(=O)[C@H](C)CC(=O)[C@H](C)NC(=O)CN5C(=O)C=CC5=O)c4)cc3)O[C@]12C(=O)COC(=O)CN(C)C. The highest BCUT2D eigenvalue weighted by atomic mass is 16.7. The molecule has 15 nitrogen and oxygen atoms in total. The predicted molar refractivity (Wildman–Crippen MR) is 250 cm³/mol. The van der Waals surface area contributed by atoms with Gasteiger partial charge in [-0.25, -0.2) is 0 Å². The Balaban J connectivity index is 0.919. The van der Waals surface area contributed by atoms with Crippen LogP contribution >= 0.6 is 0 Å². The number of amides is 4. The van der Waals surface area contributed by atoms with Crippen molar-refractivity contribution in [1.82, 2.24) is 15.1 Å². The van der Waals surface area contributed by atoms with Crippen molar-refractivity contribution in [3.05, 3.63) is 113 Å². The molecule has 3 N–H and O–H groups in total. The number of benzene rings is 2. The van der Waals surface area contributed by atoms with E-state index in [1.165, 1.54) is 12.5 Å². The Morgan fingerprint density at radius 1 is 1.00 bits per heavy atom. The molecule has 4 aliphatic carbocycles. The van der Waals surface area contributed by atoms with Gasteiger partial charge >= 0.3 is 5.97 Å². The summed E-state index contributed by atoms with van der Waals surface area (Å²) in [4.78, 5) is 92.0. The van der Waals surface area contributed by atoms with Gasteiger partial charge in [-0.2, -0.15) is 0 Å². The van der Waals surface area contributed by atoms with Crippen LogP contribution in [0, 0.1) is 34.5 Å². The molecular weight excluding hydrogens is 869 g/mol. The maximum absolute atomic E-state index is 14.8. The molecule has 4 fully saturated rings. The van der Waals surface area contributed by atoms with E-state index in [4.69, 9.17) is 14.2 Å². The van der Waals surface area contributed by atoms with Crippen LogP contribution in [0.3, 0.4) is 0 Å². The lowest BCUT2D eigenvalue weighted by molar-refractivity contribution is -0.202. The first kappa shape index (κ1) is 48.6. The Labute approximate surface area is 397 Å². The van der Waals surface area contributed by atoms with Crippen molar-refractivity contribution in [3.8, 4) is 0 Å². The summed E-state index contributed by atoms with van der Waals surface area (Å²) in [6.45, 7) is 10.6. The minimum atomic E-state index is -1.47. The summed E-state index contributed by atoms with van der Waals surface area (Å²) in [5.41, 5.74) is 2.75. The Hall–Kier alpha value is -5.87. The molecule has 4 amide bonds. The topological polar surface area (TPSA) is 198 Å². The molecule has 0 unspecified atom stereocenters. The molecule has 11 atom stereocenters. The maximum atomic E-state index is 14.8. The van der Waals surface area contributed by atoms with Crippen molar-refractivity contribution in [3.63, 3.8) is 0 Å². The summed E-state index contributed by atoms with van der Waals surface area (Å²) >= 11 is 0. The summed E-state index contributed by atoms with van der Waals surface area (Å²) in [5.74, 6) is -4.19. The smallest absolute Gasteiger partial charge is 0.320 e. The van der Waals surface area contributed by atoms with Gasteiger partial charge in [0.25, 0.3) is 11.8 Å². The quantitative estimate of drug-likeness (QED) is 0.152. The Morgan fingerprint density at radius 3 is 2.43 bits per heavy atom. The standard InChI is InChI=1S/C53H62N4O11/c1-30-19-20-51(4)36(21-30)15-16-38-39-25-43-53(52(39,5)26-41(59)48(38)51,42(60)29-66-47(64)28-56(6)7)68-50(67-43)35-13-11-33(12-14-35)23-34-9-8-10-37(24-34)55-49(65)31(2)22-40(58)32(3)54-44(61)27-57-45(62)17-18-46(57)63/h8-14,17-21,24,31-32,38-39,41,43,48,50,59H,1,15-16,22-23,25-29H2,2-7H3,(H,54,61)(H,55,65)/t31-,32+,38+,39+,41+,43-,48-,50-,51+,52+,53-/m1/s1. The molecule has 0 spiro atoms. The van der Waals surface area contributed by atoms with E-state index in [2.05, 4.69) is 43.2 Å². The van der Waals surface area contributed by atoms with Gasteiger partial charge in [0.2, 0.25) is 17.6 Å². The zero-order valence-electron chi connectivity index (χ0n) is 39.6. The van der Waals surface area contributed by atoms with Crippen LogP contribution in [0.5, 0.6) is 0 Å². The molecule has 0 aromatic heterocycles. The number of anilines is 1. The Morgan fingerprint density at radius 2 is 1.72 bits per heavy atom. The molecule has 2 heterocycles. The number of rotatable bonds is 16. The third kappa shape index (κ3) is 9.08. The van der Waals surface area contributed by atoms with Gasteiger partial charge in [0.1, 0.15) is 6.54 Å². The summed E-state index contributed by atoms with van der Waals surface area (Å²) in [7, 11) is 3.50. The average Bonchev–Trinajstić information content (AvgIpc) is 3.90. The Bertz CT molecular complexity index is 2490. The van der Waals surface area contributed by atoms with E-state index in [0.29, 0.717) is 24.9 Å². The molecule has 0 radical (unpaired) electrons. The molecule has 15 heteroatoms. The van der Waals surface area contributed by atoms with Crippen LogP contribution in [-0.4, -0.2) is 114 Å². The lowest BCUT2D eigenvalue weighted by Gasteiger charge is -2.59. The lowest BCUT2D eigenvalue weighted by Crippen LogP contribution is -2.63. The summed E-state index contributed by atoms with van der Waals surface area (Å²) < 4.78 is 19.3. The summed E-state index contributed by atoms with van der Waals surface area (Å²) in [6.07, 6.45) is 9.29. The highest BCUT2D eigenvalue weighted by molar-refractivity contribution is 6.14. The number of aliphatic hydroxyl groups is 1. The maximum Gasteiger partial charge on any atom is 0.320 e. The summed E-state index contributed by atoms with van der Waals surface area (Å²) in [5, 5.41) is 17.6. The number of hydrogen-bond acceptors (Lipinski definition) is 12. The van der Waals surface area contributed by atoms with Gasteiger partial charge in [-0.1, -0.05) is 87.5 Å². The molecule has 1 saturated heterocycles. The molecule has 6 aliphatic rings. The van der Waals surface area contributed by atoms with Crippen LogP contribution in [0.2, 0.25) is 0 Å². The highest BCUT2D eigenvalue weighted by Gasteiger charge is 2.76. The molecular formula is C53H62N4O11. The highest BCUT2D eigenvalue weighted by Crippen LogP contribution is 2.70. The van der Waals surface area contributed by atoms with Gasteiger partial charge in [-0.05, 0) is 93.8 Å². The van der Waals surface area contributed by atoms with Crippen LogP contribution in [0.1, 0.15) is 82.8 Å². The predicted octanol–water partition coefficient (Wildman–Crippen LogP) is 4.94. The van der Waals surface area contributed by atoms with Crippen LogP contribution in [0.15, 0.2) is 96.6 Å². The molecule has 2 aliphatic heterocycles. The van der Waals surface area contributed by atoms with Crippen molar-refractivity contribution in [1.29, 1.82) is 0 Å². The van der Waals surface area contributed by atoms with E-state index in [1.807, 2.05) is 48.5 Å². The molecule has 2 aromatic rings. The number of hydrogen-bond donors (Lipinski definition) is 3. The van der Waals surface area contributed by atoms with Gasteiger partial charge in [0, 0.05) is 52.5 Å². The van der Waals surface area contributed by atoms with Crippen LogP contribution in [0.25, 0.3) is 0 Å². The van der Waals surface area contributed by atoms with Gasteiger partial charge in [0.05, 0.1) is 24.8 Å². The molecule has 360 valence electrons. The van der Waals surface area contributed by atoms with E-state index in [1.54, 1.807) is 32.0 Å². The van der Waals surface area contributed by atoms with E-state index in [9.17, 15) is 38.7 Å². The fourth-order valence-electron chi connectivity index (χ4n) is 12.1. The van der Waals surface area contributed by atoms with Crippen LogP contribution in [-0.2, 0) is 54.2 Å². The number of fused-ring (bicyclic) bond motifs is 7. The minimum Gasteiger partial charge on any atom is -0.457 e. The molecule has 68 heavy (non-hydrogen) atoms. The zero-order valence-corrected chi connectivity index (χ0v) is 39.6. The third-order valence-corrected chi connectivity index (χ3v) is 15.4. The van der Waals surface area contributed by atoms with Gasteiger partial charge in [-0.3, -0.25) is 43.4 Å². The number of aliphatic hydroxyl groups excluding tert-OH is 1. The second-order valence-electron chi connectivity index (χ2n) is 20.3. The number of likely N-dealkylation sites (N-methyl/N-ethyl adjacent to an activating group) is 1. The number of allylic oxidation sites excluding steroid dienone is 5. The zero-order chi connectivity index (χ0) is 48.9. The van der Waals surface area contributed by atoms with E-state index >= 15 is 0 Å². The van der Waals surface area contributed by atoms with Crippen LogP contribution < -0.4 is 10.6 Å². The van der Waals surface area contributed by atoms with Crippen molar-refractivity contribution >= 4 is 46.9 Å². The number of nitrogens with one attached hydrogen (secondary N) is 2. The first-order chi connectivity index (χ1) is 32.2. The molecule has 2 aromatic carbocycles. The second-order valence-corrected chi connectivity index (χ2v) is 20.3. The summed E-state index contributed by atoms with van der Waals surface area (Å²) in [6, 6.07) is 14.2. The van der Waals surface area contributed by atoms with E-state index in [-0.39, 0.29) is 53.6 Å². The van der Waals surface area contributed by atoms with Gasteiger partial charge in [0.15, 0.2) is 24.3 Å². The molecule has 8 rings (SSSR count). The molecule has 0 bridgehead atoms. The van der Waals surface area contributed by atoms with Crippen molar-refractivity contribution < 1.29 is 52.9 Å². The third-order valence-electron chi connectivity index (χ3n) is 15.4. The van der Waals surface area contributed by atoms with Crippen LogP contribution in [0.4, 0.5) is 5.69 Å². The average molecular weight is 931 g/mol. The van der Waals surface area contributed by atoms with Gasteiger partial charge < -0.3 is 30.0 Å². The van der Waals surface area contributed by atoms with E-state index < -0.39 is 78.3 Å². The normalized spacial score (nSPS) is 31.0. The second kappa shape index (κ2) is 18.9. The van der Waals surface area contributed by atoms with Crippen molar-refractivity contribution in [2.45, 2.75) is 96.4 Å². The Kier molecular flexibility index (Phi) is 13.5. The van der Waals surface area contributed by atoms with Crippen molar-refractivity contribution in [2.75, 3.05) is 39.1 Å². The largest absolute Gasteiger partial charge is 0.457 e. The first-order valence-corrected chi connectivity index (χ1v) is 23.5. The number of ketones is 2. The van der Waals surface area contributed by atoms with E-state index in [0.717, 1.165) is 52.2 Å². The monoisotopic (exact) mass is 930 g/mol. The number of imide groups is 1. The number of esters is 1. The van der Waals surface area contributed by atoms with Gasteiger partial charge in [-0.15, -0.1) is 0 Å². The fourth-order valence-corrected chi connectivity index (χ4v) is 12.1. The number of Topliss-reactive ketones (excluding diaryl/α,β-unsaturated/α-hetero) is 2. The number of nitrogens with zero attached hydrogens (tertiary/aromatic N) is 2.